The lowest BCUT2D eigenvalue weighted by molar-refractivity contribution is -0.193. The molecule has 0 aliphatic heterocycles. The van der Waals surface area contributed by atoms with E-state index in [0.29, 0.717) is 35.5 Å². The van der Waals surface area contributed by atoms with Gasteiger partial charge in [0.25, 0.3) is 5.91 Å². The molecule has 4 aromatic rings. The fourth-order valence-corrected chi connectivity index (χ4v) is 4.89. The van der Waals surface area contributed by atoms with Gasteiger partial charge in [-0.1, -0.05) is 6.92 Å². The molecule has 0 spiro atoms. The number of esters is 1. The third kappa shape index (κ3) is 12.8. The van der Waals surface area contributed by atoms with Crippen molar-refractivity contribution in [3.63, 3.8) is 0 Å². The number of amides is 1. The second-order valence-electron chi connectivity index (χ2n) is 11.3. The minimum atomic E-state index is -5.08. The molecule has 0 fully saturated rings. The van der Waals surface area contributed by atoms with Gasteiger partial charge in [-0.3, -0.25) is 9.20 Å². The number of rotatable bonds is 9. The van der Waals surface area contributed by atoms with Gasteiger partial charge < -0.3 is 35.3 Å². The zero-order valence-corrected chi connectivity index (χ0v) is 28.8. The number of thiazole rings is 1. The van der Waals surface area contributed by atoms with Crippen LogP contribution in [0.3, 0.4) is 0 Å². The predicted molar refractivity (Wildman–Crippen MR) is 172 cm³/mol. The lowest BCUT2D eigenvalue weighted by Gasteiger charge is -2.19. The van der Waals surface area contributed by atoms with E-state index in [1.807, 2.05) is 75.7 Å². The van der Waals surface area contributed by atoms with Crippen LogP contribution in [0.2, 0.25) is 0 Å². The first-order valence-electron chi connectivity index (χ1n) is 14.6. The molecule has 0 unspecified atom stereocenters. The highest BCUT2D eigenvalue weighted by molar-refractivity contribution is 7.16. The molecule has 0 atom stereocenters. The average Bonchev–Trinajstić information content (AvgIpc) is 3.68. The van der Waals surface area contributed by atoms with E-state index in [-0.39, 0.29) is 12.5 Å². The van der Waals surface area contributed by atoms with Crippen LogP contribution in [-0.4, -0.2) is 73.5 Å². The fourth-order valence-electron chi connectivity index (χ4n) is 4.06. The number of aromatic amines is 1. The average molecular weight is 752 g/mol. The quantitative estimate of drug-likeness (QED) is 0.0952. The molecule has 0 saturated heterocycles. The number of halogens is 6. The zero-order valence-electron chi connectivity index (χ0n) is 28.0. The van der Waals surface area contributed by atoms with E-state index in [1.165, 1.54) is 4.88 Å². The van der Waals surface area contributed by atoms with Crippen LogP contribution in [0, 0.1) is 6.92 Å². The number of alkyl halides is 6. The van der Waals surface area contributed by atoms with E-state index in [1.54, 1.807) is 18.4 Å². The largest absolute Gasteiger partial charge is 0.497 e. The molecule has 0 saturated carbocycles. The van der Waals surface area contributed by atoms with Crippen molar-refractivity contribution in [1.82, 2.24) is 19.7 Å². The number of hydrogen-bond acceptors (Lipinski definition) is 9. The second-order valence-corrected chi connectivity index (χ2v) is 12.5. The van der Waals surface area contributed by atoms with Gasteiger partial charge >= 0.3 is 30.3 Å². The van der Waals surface area contributed by atoms with Crippen molar-refractivity contribution in [3.05, 3.63) is 69.7 Å². The van der Waals surface area contributed by atoms with Crippen molar-refractivity contribution in [3.8, 4) is 5.75 Å². The smallest absolute Gasteiger partial charge is 0.490 e. The maximum Gasteiger partial charge on any atom is 0.490 e. The number of methoxy groups -OCH3 is 1. The van der Waals surface area contributed by atoms with Gasteiger partial charge in [-0.05, 0) is 63.9 Å². The van der Waals surface area contributed by atoms with Crippen LogP contribution in [0.4, 0.5) is 32.0 Å². The molecule has 5 N–H and O–H groups in total. The lowest BCUT2D eigenvalue weighted by Crippen LogP contribution is -2.26. The number of anilines is 1. The fraction of sp³-hybridized carbons (Fsp3) is 0.387. The Morgan fingerprint density at radius 1 is 0.941 bits per heavy atom. The minimum Gasteiger partial charge on any atom is -0.497 e. The molecule has 0 aliphatic rings. The molecule has 0 bridgehead atoms. The molecule has 4 rings (SSSR count). The molecule has 20 heteroatoms. The normalized spacial score (nSPS) is 11.5. The maximum absolute atomic E-state index is 13.5. The summed E-state index contributed by atoms with van der Waals surface area (Å²) >= 11 is 1.60. The first-order valence-corrected chi connectivity index (χ1v) is 15.5. The van der Waals surface area contributed by atoms with Gasteiger partial charge in [0.2, 0.25) is 0 Å². The highest BCUT2D eigenvalue weighted by atomic mass is 32.1. The molecule has 3 heterocycles. The molecular weight excluding hydrogens is 716 g/mol. The predicted octanol–water partition coefficient (Wildman–Crippen LogP) is 6.37. The number of imidazole rings is 1. The van der Waals surface area contributed by atoms with E-state index in [2.05, 4.69) is 20.6 Å². The van der Waals surface area contributed by atoms with Gasteiger partial charge in [0.1, 0.15) is 17.0 Å². The van der Waals surface area contributed by atoms with Crippen LogP contribution >= 0.6 is 11.3 Å². The number of carboxylic acids is 2. The number of nitrogens with one attached hydrogen (secondary N) is 3. The SMILES string of the molecule is CCc1c(C(=O)OC(C)(C)C)[nH]c(CNc2ccc(OC)cc2)c1C(=O)NCc1cn2cc(C)sc2n1.O=C(O)C(F)(F)F.O=C(O)C(F)(F)F. The summed E-state index contributed by atoms with van der Waals surface area (Å²) in [6, 6.07) is 7.49. The Balaban J connectivity index is 0.000000543. The van der Waals surface area contributed by atoms with Crippen molar-refractivity contribution < 1.29 is 65.2 Å². The van der Waals surface area contributed by atoms with Crippen LogP contribution in [0.15, 0.2) is 36.7 Å². The van der Waals surface area contributed by atoms with E-state index in [4.69, 9.17) is 29.3 Å². The molecular formula is C31H35F6N5O8S. The Morgan fingerprint density at radius 3 is 1.94 bits per heavy atom. The number of benzene rings is 1. The number of hydrogen-bond donors (Lipinski definition) is 5. The summed E-state index contributed by atoms with van der Waals surface area (Å²) in [5, 5.41) is 20.6. The summed E-state index contributed by atoms with van der Waals surface area (Å²) in [6.07, 6.45) is -5.76. The lowest BCUT2D eigenvalue weighted by atomic mass is 10.0. The molecule has 1 amide bonds. The number of H-pyrrole nitrogens is 1. The van der Waals surface area contributed by atoms with E-state index in [9.17, 15) is 35.9 Å². The van der Waals surface area contributed by atoms with Crippen molar-refractivity contribution >= 4 is 45.8 Å². The van der Waals surface area contributed by atoms with Crippen LogP contribution < -0.4 is 15.4 Å². The maximum atomic E-state index is 13.5. The second kappa shape index (κ2) is 17.1. The third-order valence-corrected chi connectivity index (χ3v) is 7.07. The number of fused-ring (bicyclic) bond motifs is 1. The van der Waals surface area contributed by atoms with Crippen molar-refractivity contribution in [2.24, 2.45) is 0 Å². The topological polar surface area (TPSA) is 184 Å². The van der Waals surface area contributed by atoms with Crippen LogP contribution in [0.5, 0.6) is 5.75 Å². The summed E-state index contributed by atoms with van der Waals surface area (Å²) in [5.74, 6) is -5.53. The number of aromatic nitrogens is 3. The Kier molecular flexibility index (Phi) is 14.0. The summed E-state index contributed by atoms with van der Waals surface area (Å²) < 4.78 is 76.3. The van der Waals surface area contributed by atoms with E-state index < -0.39 is 35.9 Å². The summed E-state index contributed by atoms with van der Waals surface area (Å²) in [4.78, 5) is 54.1. The van der Waals surface area contributed by atoms with Crippen LogP contribution in [0.25, 0.3) is 4.96 Å². The first-order chi connectivity index (χ1) is 23.5. The highest BCUT2D eigenvalue weighted by Crippen LogP contribution is 2.25. The molecule has 13 nitrogen and oxygen atoms in total. The van der Waals surface area contributed by atoms with Gasteiger partial charge in [-0.15, -0.1) is 11.3 Å². The number of carbonyl (C=O) groups is 4. The van der Waals surface area contributed by atoms with Crippen LogP contribution in [0.1, 0.15) is 70.4 Å². The highest BCUT2D eigenvalue weighted by Gasteiger charge is 2.39. The number of carboxylic acid groups (broad SMARTS) is 2. The molecule has 3 aromatic heterocycles. The Bertz CT molecular complexity index is 1770. The number of aryl methyl sites for hydroxylation is 1. The van der Waals surface area contributed by atoms with E-state index in [0.717, 1.165) is 22.1 Å². The number of carbonyl (C=O) groups excluding carboxylic acids is 2. The Labute approximate surface area is 290 Å². The third-order valence-electron chi connectivity index (χ3n) is 6.16. The van der Waals surface area contributed by atoms with Gasteiger partial charge in [-0.25, -0.2) is 19.4 Å². The first kappa shape index (κ1) is 41.9. The summed E-state index contributed by atoms with van der Waals surface area (Å²) in [5.41, 5.74) is 2.93. The van der Waals surface area contributed by atoms with Crippen molar-refractivity contribution in [2.45, 2.75) is 72.1 Å². The van der Waals surface area contributed by atoms with Gasteiger partial charge in [0.05, 0.1) is 31.5 Å². The number of nitrogens with zero attached hydrogens (tertiary/aromatic N) is 2. The zero-order chi connectivity index (χ0) is 38.9. The van der Waals surface area contributed by atoms with Crippen LogP contribution in [-0.2, 0) is 33.8 Å². The molecule has 1 aromatic carbocycles. The Morgan fingerprint density at radius 2 is 1.49 bits per heavy atom. The van der Waals surface area contributed by atoms with Gasteiger partial charge in [0.15, 0.2) is 4.96 Å². The summed E-state index contributed by atoms with van der Waals surface area (Å²) in [7, 11) is 1.62. The van der Waals surface area contributed by atoms with E-state index >= 15 is 0 Å². The van der Waals surface area contributed by atoms with Gasteiger partial charge in [-0.2, -0.15) is 26.3 Å². The molecule has 51 heavy (non-hydrogen) atoms. The minimum absolute atomic E-state index is 0.272. The van der Waals surface area contributed by atoms with Crippen molar-refractivity contribution in [1.29, 1.82) is 0 Å². The number of aliphatic carboxylic acids is 2. The number of ether oxygens (including phenoxy) is 2. The Hall–Kier alpha value is -5.27. The molecule has 0 radical (unpaired) electrons. The monoisotopic (exact) mass is 751 g/mol. The summed E-state index contributed by atoms with van der Waals surface area (Å²) in [6.45, 7) is 9.98. The van der Waals surface area contributed by atoms with Crippen molar-refractivity contribution in [2.75, 3.05) is 12.4 Å². The standard InChI is InChI=1S/C27H33N5O4S.2C2HF3O2/c1-7-20-22(24(33)29-12-18-15-32-14-16(2)37-26(32)30-18)21(31-23(20)25(34)36-27(3,4)5)13-28-17-8-10-19(35-6)11-9-17;2*3-2(4,5)1(6)7/h8-11,14-15,28,31H,7,12-13H2,1-6H3,(H,29,33);2*(H,6,7). The molecule has 0 aliphatic carbocycles. The van der Waals surface area contributed by atoms with Gasteiger partial charge in [0, 0.05) is 28.7 Å². The molecule has 280 valence electrons.